The quantitative estimate of drug-likeness (QED) is 0.767. The maximum absolute atomic E-state index is 12.7. The van der Waals surface area contributed by atoms with Crippen LogP contribution in [0.2, 0.25) is 0 Å². The van der Waals surface area contributed by atoms with Gasteiger partial charge in [-0.1, -0.05) is 5.21 Å². The Balaban J connectivity index is 1.44. The van der Waals surface area contributed by atoms with Gasteiger partial charge >= 0.3 is 0 Å². The maximum Gasteiger partial charge on any atom is 0.251 e. The zero-order chi connectivity index (χ0) is 16.1. The molecule has 0 aliphatic carbocycles. The Morgan fingerprint density at radius 1 is 1.38 bits per heavy atom. The average Bonchev–Trinajstić information content (AvgIpc) is 3.36. The predicted octanol–water partition coefficient (Wildman–Crippen LogP) is 2.10. The number of rotatable bonds is 3. The second kappa shape index (κ2) is 5.39. The van der Waals surface area contributed by atoms with Gasteiger partial charge in [0.1, 0.15) is 0 Å². The topological polar surface area (TPSA) is 71.8 Å². The molecule has 2 saturated heterocycles. The molecule has 2 aliphatic heterocycles. The highest BCUT2D eigenvalue weighted by Crippen LogP contribution is 2.30. The van der Waals surface area contributed by atoms with E-state index in [1.54, 1.807) is 22.2 Å². The Labute approximate surface area is 142 Å². The van der Waals surface area contributed by atoms with Crippen molar-refractivity contribution in [3.63, 3.8) is 0 Å². The van der Waals surface area contributed by atoms with Crippen molar-refractivity contribution < 1.29 is 4.79 Å². The number of aromatic nitrogens is 3. The second-order valence-electron chi connectivity index (χ2n) is 6.54. The summed E-state index contributed by atoms with van der Waals surface area (Å²) in [4.78, 5) is 12.7. The Morgan fingerprint density at radius 2 is 2.33 bits per heavy atom. The standard InChI is InChI=1S/C17H17N5OS/c23-17(20-14-8-11-2-3-13(14)19-11)10-1-4-16-12(7-10)15(9-24-16)22-6-5-18-21-22/h1,4-7,9,11,13-14,19H,2-3,8H2,(H,20,23)/t11-,13+,14-/m1/s1. The minimum absolute atomic E-state index is 0.00647. The summed E-state index contributed by atoms with van der Waals surface area (Å²) in [5.41, 5.74) is 1.66. The summed E-state index contributed by atoms with van der Waals surface area (Å²) in [5.74, 6) is 0.00647. The van der Waals surface area contributed by atoms with Gasteiger partial charge in [0.15, 0.2) is 0 Å². The van der Waals surface area contributed by atoms with E-state index in [0.717, 1.165) is 28.6 Å². The molecule has 24 heavy (non-hydrogen) atoms. The number of hydrogen-bond donors (Lipinski definition) is 2. The molecule has 122 valence electrons. The van der Waals surface area contributed by atoms with Gasteiger partial charge in [-0.3, -0.25) is 4.79 Å². The normalized spacial score (nSPS) is 25.4. The zero-order valence-electron chi connectivity index (χ0n) is 13.0. The fourth-order valence-corrected chi connectivity index (χ4v) is 4.82. The minimum atomic E-state index is 0.00647. The Kier molecular flexibility index (Phi) is 3.17. The largest absolute Gasteiger partial charge is 0.348 e. The Bertz CT molecular complexity index is 903. The molecule has 1 aromatic carbocycles. The van der Waals surface area contributed by atoms with Crippen LogP contribution >= 0.6 is 11.3 Å². The van der Waals surface area contributed by atoms with E-state index in [2.05, 4.69) is 20.9 Å². The van der Waals surface area contributed by atoms with Gasteiger partial charge < -0.3 is 10.6 Å². The van der Waals surface area contributed by atoms with Crippen LogP contribution in [0.3, 0.4) is 0 Å². The fraction of sp³-hybridized carbons (Fsp3) is 0.353. The SMILES string of the molecule is O=C(N[C@@H]1C[C@H]2CC[C@@H]1N2)c1ccc2scc(-n3ccnn3)c2c1. The molecule has 7 heteroatoms. The molecule has 0 unspecified atom stereocenters. The van der Waals surface area contributed by atoms with Gasteiger partial charge in [-0.15, -0.1) is 16.4 Å². The lowest BCUT2D eigenvalue weighted by molar-refractivity contribution is 0.0931. The molecule has 6 nitrogen and oxygen atoms in total. The van der Waals surface area contributed by atoms with Crippen molar-refractivity contribution in [3.05, 3.63) is 41.5 Å². The summed E-state index contributed by atoms with van der Waals surface area (Å²) in [5, 5.41) is 17.8. The molecule has 2 N–H and O–H groups in total. The minimum Gasteiger partial charge on any atom is -0.348 e. The van der Waals surface area contributed by atoms with Crippen molar-refractivity contribution in [2.45, 2.75) is 37.4 Å². The third-order valence-electron chi connectivity index (χ3n) is 5.10. The number of fused-ring (bicyclic) bond motifs is 3. The molecule has 1 amide bonds. The number of amides is 1. The maximum atomic E-state index is 12.7. The van der Waals surface area contributed by atoms with Crippen LogP contribution in [0.15, 0.2) is 36.0 Å². The smallest absolute Gasteiger partial charge is 0.251 e. The van der Waals surface area contributed by atoms with Gasteiger partial charge in [0, 0.05) is 39.2 Å². The van der Waals surface area contributed by atoms with E-state index in [9.17, 15) is 4.79 Å². The first-order valence-corrected chi connectivity index (χ1v) is 9.11. The molecule has 0 radical (unpaired) electrons. The number of nitrogens with zero attached hydrogens (tertiary/aromatic N) is 3. The summed E-state index contributed by atoms with van der Waals surface area (Å²) in [7, 11) is 0. The number of thiophene rings is 1. The predicted molar refractivity (Wildman–Crippen MR) is 92.6 cm³/mol. The van der Waals surface area contributed by atoms with Crippen LogP contribution in [0.5, 0.6) is 0 Å². The summed E-state index contributed by atoms with van der Waals surface area (Å²) < 4.78 is 2.87. The first kappa shape index (κ1) is 14.1. The summed E-state index contributed by atoms with van der Waals surface area (Å²) in [6, 6.07) is 7.14. The van der Waals surface area contributed by atoms with Crippen molar-refractivity contribution in [3.8, 4) is 5.69 Å². The van der Waals surface area contributed by atoms with Gasteiger partial charge in [-0.25, -0.2) is 4.68 Å². The van der Waals surface area contributed by atoms with Gasteiger partial charge in [0.25, 0.3) is 5.91 Å². The molecule has 2 aromatic heterocycles. The molecule has 0 spiro atoms. The first-order chi connectivity index (χ1) is 11.8. The van der Waals surface area contributed by atoms with E-state index in [1.165, 1.54) is 6.42 Å². The van der Waals surface area contributed by atoms with Crippen LogP contribution in [0.4, 0.5) is 0 Å². The van der Waals surface area contributed by atoms with Crippen LogP contribution in [0.1, 0.15) is 29.6 Å². The van der Waals surface area contributed by atoms with Crippen LogP contribution < -0.4 is 10.6 Å². The fourth-order valence-electron chi connectivity index (χ4n) is 3.91. The van der Waals surface area contributed by atoms with E-state index in [-0.39, 0.29) is 11.9 Å². The van der Waals surface area contributed by atoms with Crippen molar-refractivity contribution in [2.24, 2.45) is 0 Å². The molecule has 2 aliphatic rings. The molecule has 2 fully saturated rings. The number of hydrogen-bond acceptors (Lipinski definition) is 5. The van der Waals surface area contributed by atoms with Crippen LogP contribution in [0.25, 0.3) is 15.8 Å². The molecular weight excluding hydrogens is 322 g/mol. The monoisotopic (exact) mass is 339 g/mol. The van der Waals surface area contributed by atoms with E-state index < -0.39 is 0 Å². The van der Waals surface area contributed by atoms with E-state index in [1.807, 2.05) is 29.8 Å². The van der Waals surface area contributed by atoms with E-state index in [0.29, 0.717) is 17.6 Å². The number of benzene rings is 1. The number of carbonyl (C=O) groups is 1. The number of carbonyl (C=O) groups excluding carboxylic acids is 1. The summed E-state index contributed by atoms with van der Waals surface area (Å²) in [6.07, 6.45) is 6.91. The lowest BCUT2D eigenvalue weighted by atomic mass is 9.95. The molecule has 5 rings (SSSR count). The summed E-state index contributed by atoms with van der Waals surface area (Å²) in [6.45, 7) is 0. The van der Waals surface area contributed by atoms with Crippen molar-refractivity contribution in [1.82, 2.24) is 25.6 Å². The van der Waals surface area contributed by atoms with Crippen molar-refractivity contribution >= 4 is 27.3 Å². The third kappa shape index (κ3) is 2.23. The summed E-state index contributed by atoms with van der Waals surface area (Å²) >= 11 is 1.65. The first-order valence-electron chi connectivity index (χ1n) is 8.23. The highest BCUT2D eigenvalue weighted by molar-refractivity contribution is 7.17. The average molecular weight is 339 g/mol. The Morgan fingerprint density at radius 3 is 3.08 bits per heavy atom. The van der Waals surface area contributed by atoms with Crippen molar-refractivity contribution in [1.29, 1.82) is 0 Å². The van der Waals surface area contributed by atoms with Crippen molar-refractivity contribution in [2.75, 3.05) is 0 Å². The lowest BCUT2D eigenvalue weighted by Crippen LogP contribution is -2.42. The van der Waals surface area contributed by atoms with Gasteiger partial charge in [-0.05, 0) is 37.5 Å². The molecule has 2 bridgehead atoms. The molecular formula is C17H17N5OS. The lowest BCUT2D eigenvalue weighted by Gasteiger charge is -2.21. The molecule has 3 aromatic rings. The van der Waals surface area contributed by atoms with Gasteiger partial charge in [0.05, 0.1) is 18.1 Å². The third-order valence-corrected chi connectivity index (χ3v) is 6.05. The van der Waals surface area contributed by atoms with E-state index in [4.69, 9.17) is 0 Å². The molecule has 3 atom stereocenters. The van der Waals surface area contributed by atoms with Crippen LogP contribution in [-0.4, -0.2) is 39.0 Å². The highest BCUT2D eigenvalue weighted by atomic mass is 32.1. The van der Waals surface area contributed by atoms with Gasteiger partial charge in [-0.2, -0.15) is 0 Å². The molecule has 0 saturated carbocycles. The Hall–Kier alpha value is -2.25. The van der Waals surface area contributed by atoms with Crippen LogP contribution in [-0.2, 0) is 0 Å². The van der Waals surface area contributed by atoms with E-state index >= 15 is 0 Å². The highest BCUT2D eigenvalue weighted by Gasteiger charge is 2.39. The molecule has 4 heterocycles. The zero-order valence-corrected chi connectivity index (χ0v) is 13.8. The number of nitrogens with one attached hydrogen (secondary N) is 2. The van der Waals surface area contributed by atoms with Gasteiger partial charge in [0.2, 0.25) is 0 Å². The second-order valence-corrected chi connectivity index (χ2v) is 7.45. The van der Waals surface area contributed by atoms with Crippen LogP contribution in [0, 0.1) is 0 Å².